The highest BCUT2D eigenvalue weighted by atomic mass is 32.2. The van der Waals surface area contributed by atoms with E-state index >= 15 is 0 Å². The van der Waals surface area contributed by atoms with Gasteiger partial charge in [0.25, 0.3) is 17.8 Å². The number of fused-ring (bicyclic) bond motifs is 7. The van der Waals surface area contributed by atoms with Crippen LogP contribution in [0.15, 0.2) is 60.7 Å². The fourth-order valence-electron chi connectivity index (χ4n) is 5.51. The molecule has 0 unspecified atom stereocenters. The molecule has 1 fully saturated rings. The molecule has 0 aromatic heterocycles. The molecule has 3 N–H and O–H groups in total. The summed E-state index contributed by atoms with van der Waals surface area (Å²) in [5, 5.41) is 13.5. The van der Waals surface area contributed by atoms with Crippen LogP contribution in [-0.4, -0.2) is 106 Å². The number of hydrogen-bond donors (Lipinski definition) is 3. The zero-order valence-corrected chi connectivity index (χ0v) is 29.2. The maximum Gasteiger partial charge on any atom is 0.300 e. The van der Waals surface area contributed by atoms with E-state index in [0.717, 1.165) is 29.2 Å². The number of likely N-dealkylation sites (tertiary alicyclic amines) is 1. The Morgan fingerprint density at radius 1 is 1.06 bits per heavy atom. The Bertz CT molecular complexity index is 1760. The molecular weight excluding hydrogens is 652 g/mol. The van der Waals surface area contributed by atoms with E-state index in [1.807, 2.05) is 43.3 Å². The van der Waals surface area contributed by atoms with Crippen molar-refractivity contribution in [2.24, 2.45) is 0 Å². The third-order valence-electron chi connectivity index (χ3n) is 8.10. The average molecular weight is 697 g/mol. The standard InChI is InChI=1S/C33H40N4O7S.C2H4O2/c1-22-9-11-25-17-27(22)24-7-5-8-26(16-24)43-21-32(38)34-18-23-10-12-29(30(15-23)42-4)44-31-20-37(19-28(31)35-33(25)39)13-6-14-45(40,41)36(2)3;1-2(3)4/h5,7-12,15-17,28,31H,6,13-14,18-21H2,1-4H3,(H,34,38)(H,35,39);1H3,(H,3,4)/t28-,31-;/m0./s1. The maximum atomic E-state index is 13.7. The van der Waals surface area contributed by atoms with Crippen molar-refractivity contribution < 1.29 is 42.1 Å². The average Bonchev–Trinajstić information content (AvgIpc) is 3.42. The van der Waals surface area contributed by atoms with Gasteiger partial charge in [0, 0.05) is 46.2 Å². The smallest absolute Gasteiger partial charge is 0.300 e. The van der Waals surface area contributed by atoms with Crippen LogP contribution in [0.2, 0.25) is 0 Å². The van der Waals surface area contributed by atoms with E-state index in [0.29, 0.717) is 48.9 Å². The zero-order valence-electron chi connectivity index (χ0n) is 28.4. The van der Waals surface area contributed by atoms with E-state index < -0.39 is 22.1 Å². The first kappa shape index (κ1) is 37.2. The number of carbonyl (C=O) groups is 3. The molecule has 13 nitrogen and oxygen atoms in total. The van der Waals surface area contributed by atoms with Crippen LogP contribution in [0.5, 0.6) is 17.2 Å². The van der Waals surface area contributed by atoms with Crippen molar-refractivity contribution in [1.29, 1.82) is 0 Å². The van der Waals surface area contributed by atoms with Crippen LogP contribution in [0.3, 0.4) is 0 Å². The van der Waals surface area contributed by atoms with Crippen molar-refractivity contribution in [3.05, 3.63) is 77.4 Å². The first-order valence-electron chi connectivity index (χ1n) is 15.8. The Morgan fingerprint density at radius 2 is 1.82 bits per heavy atom. The molecule has 0 aliphatic carbocycles. The van der Waals surface area contributed by atoms with Gasteiger partial charge < -0.3 is 30.0 Å². The Kier molecular flexibility index (Phi) is 12.6. The lowest BCUT2D eigenvalue weighted by atomic mass is 9.97. The molecule has 3 aromatic carbocycles. The van der Waals surface area contributed by atoms with Crippen LogP contribution in [0.4, 0.5) is 0 Å². The SMILES string of the molecule is CC(=O)O.COc1cc2ccc1O[C@H]1CN(CCCS(=O)(=O)N(C)C)C[C@@H]1NC(=O)c1ccc(C)c(c1)-c1cccc(c1)OCC(=O)NC2. The van der Waals surface area contributed by atoms with Gasteiger partial charge in [0.1, 0.15) is 11.9 Å². The molecule has 2 atom stereocenters. The van der Waals surface area contributed by atoms with Gasteiger partial charge >= 0.3 is 0 Å². The maximum absolute atomic E-state index is 13.7. The number of rotatable bonds is 6. The fraction of sp³-hybridized carbons (Fsp3) is 0.400. The Labute approximate surface area is 287 Å². The van der Waals surface area contributed by atoms with Crippen LogP contribution < -0.4 is 24.8 Å². The van der Waals surface area contributed by atoms with Crippen molar-refractivity contribution in [2.45, 2.75) is 39.0 Å². The minimum absolute atomic E-state index is 0.0310. The van der Waals surface area contributed by atoms with Crippen molar-refractivity contribution in [3.8, 4) is 28.4 Å². The third-order valence-corrected chi connectivity index (χ3v) is 10.0. The number of nitrogens with one attached hydrogen (secondary N) is 2. The molecule has 2 amide bonds. The molecule has 6 rings (SSSR count). The van der Waals surface area contributed by atoms with E-state index in [4.69, 9.17) is 24.1 Å². The van der Waals surface area contributed by atoms with Crippen LogP contribution >= 0.6 is 0 Å². The minimum atomic E-state index is -3.32. The van der Waals surface area contributed by atoms with Gasteiger partial charge in [-0.05, 0) is 78.5 Å². The minimum Gasteiger partial charge on any atom is -0.493 e. The molecule has 3 aliphatic heterocycles. The van der Waals surface area contributed by atoms with Crippen LogP contribution in [-0.2, 0) is 26.2 Å². The summed E-state index contributed by atoms with van der Waals surface area (Å²) in [5.41, 5.74) is 4.03. The number of ether oxygens (including phenoxy) is 3. The number of methoxy groups -OCH3 is 1. The molecule has 0 spiro atoms. The third kappa shape index (κ3) is 10.4. The molecule has 6 bridgehead atoms. The number of sulfonamides is 1. The number of carbonyl (C=O) groups excluding carboxylic acids is 2. The van der Waals surface area contributed by atoms with Crippen LogP contribution in [0.25, 0.3) is 11.1 Å². The summed E-state index contributed by atoms with van der Waals surface area (Å²) in [6.45, 7) is 4.69. The van der Waals surface area contributed by atoms with Crippen molar-refractivity contribution in [3.63, 3.8) is 0 Å². The van der Waals surface area contributed by atoms with Crippen LogP contribution in [0.1, 0.15) is 34.8 Å². The van der Waals surface area contributed by atoms with Gasteiger partial charge in [-0.15, -0.1) is 0 Å². The van der Waals surface area contributed by atoms with E-state index in [1.165, 1.54) is 18.4 Å². The lowest BCUT2D eigenvalue weighted by molar-refractivity contribution is -0.134. The second kappa shape index (κ2) is 16.6. The summed E-state index contributed by atoms with van der Waals surface area (Å²) in [5.74, 6) is 0.227. The van der Waals surface area contributed by atoms with E-state index in [9.17, 15) is 18.0 Å². The number of amides is 2. The molecule has 1 saturated heterocycles. The van der Waals surface area contributed by atoms with Crippen molar-refractivity contribution in [1.82, 2.24) is 19.8 Å². The number of hydrogen-bond acceptors (Lipinski definition) is 9. The predicted octanol–water partition coefficient (Wildman–Crippen LogP) is 2.91. The second-order valence-corrected chi connectivity index (χ2v) is 14.4. The second-order valence-electron chi connectivity index (χ2n) is 12.1. The predicted molar refractivity (Wildman–Crippen MR) is 184 cm³/mol. The van der Waals surface area contributed by atoms with Gasteiger partial charge in [0.2, 0.25) is 10.0 Å². The quantitative estimate of drug-likeness (QED) is 0.349. The lowest BCUT2D eigenvalue weighted by Crippen LogP contribution is -2.45. The van der Waals surface area contributed by atoms with Gasteiger partial charge in [-0.2, -0.15) is 0 Å². The van der Waals surface area contributed by atoms with Crippen molar-refractivity contribution >= 4 is 27.8 Å². The molecule has 14 heteroatoms. The van der Waals surface area contributed by atoms with E-state index in [1.54, 1.807) is 31.4 Å². The first-order valence-corrected chi connectivity index (χ1v) is 17.4. The summed E-state index contributed by atoms with van der Waals surface area (Å²) < 4.78 is 43.7. The summed E-state index contributed by atoms with van der Waals surface area (Å²) in [6.07, 6.45) is 0.0186. The molecule has 3 heterocycles. The monoisotopic (exact) mass is 696 g/mol. The highest BCUT2D eigenvalue weighted by Gasteiger charge is 2.36. The lowest BCUT2D eigenvalue weighted by Gasteiger charge is -2.23. The Hall–Kier alpha value is -4.66. The zero-order chi connectivity index (χ0) is 35.7. The highest BCUT2D eigenvalue weighted by molar-refractivity contribution is 7.89. The van der Waals surface area contributed by atoms with Crippen molar-refractivity contribution in [2.75, 3.05) is 53.2 Å². The topological polar surface area (TPSA) is 164 Å². The molecule has 264 valence electrons. The number of aryl methyl sites for hydroxylation is 1. The number of benzene rings is 3. The van der Waals surface area contributed by atoms with Gasteiger partial charge in [0.15, 0.2) is 18.1 Å². The number of carboxylic acids is 1. The number of nitrogens with zero attached hydrogens (tertiary/aromatic N) is 2. The summed E-state index contributed by atoms with van der Waals surface area (Å²) >= 11 is 0. The summed E-state index contributed by atoms with van der Waals surface area (Å²) in [4.78, 5) is 37.4. The van der Waals surface area contributed by atoms with Gasteiger partial charge in [-0.25, -0.2) is 12.7 Å². The Morgan fingerprint density at radius 3 is 2.53 bits per heavy atom. The van der Waals surface area contributed by atoms with Crippen LogP contribution in [0, 0.1) is 6.92 Å². The molecule has 3 aliphatic rings. The first-order chi connectivity index (χ1) is 23.2. The van der Waals surface area contributed by atoms with Gasteiger partial charge in [0.05, 0.1) is 18.9 Å². The summed E-state index contributed by atoms with van der Waals surface area (Å²) in [7, 11) is 1.29. The normalized spacial score (nSPS) is 18.2. The van der Waals surface area contributed by atoms with Gasteiger partial charge in [-0.1, -0.05) is 24.3 Å². The van der Waals surface area contributed by atoms with Gasteiger partial charge in [-0.3, -0.25) is 19.3 Å². The fourth-order valence-corrected chi connectivity index (χ4v) is 6.37. The molecule has 49 heavy (non-hydrogen) atoms. The molecule has 0 saturated carbocycles. The largest absolute Gasteiger partial charge is 0.493 e. The summed E-state index contributed by atoms with van der Waals surface area (Å²) in [6, 6.07) is 18.1. The molecule has 3 aromatic rings. The van der Waals surface area contributed by atoms with E-state index in [-0.39, 0.29) is 36.8 Å². The molecule has 0 radical (unpaired) electrons. The number of carboxylic acid groups (broad SMARTS) is 1. The van der Waals surface area contributed by atoms with E-state index in [2.05, 4.69) is 15.5 Å². The Balaban J connectivity index is 0.00000128. The number of aliphatic carboxylic acids is 1. The molecular formula is C35H44N4O9S. The highest BCUT2D eigenvalue weighted by Crippen LogP contribution is 2.32.